The SMILES string of the molecule is C=CC[NH2+]c1nc(N(NC(=O)Nc2cc(Cl)nc(Cl)c2)C(=O)OC(C)(C)C)cc(C(C)C)c1C(C)=N. The summed E-state index contributed by atoms with van der Waals surface area (Å²) in [5.74, 6) is 0.606. The number of anilines is 2. The maximum Gasteiger partial charge on any atom is 0.435 e. The number of hydrazine groups is 1. The van der Waals surface area contributed by atoms with Crippen LogP contribution in [0.5, 0.6) is 0 Å². The number of hydrogen-bond donors (Lipinski definition) is 4. The van der Waals surface area contributed by atoms with Crippen LogP contribution in [0.2, 0.25) is 10.3 Å². The fourth-order valence-electron chi connectivity index (χ4n) is 3.19. The van der Waals surface area contributed by atoms with Gasteiger partial charge in [0.25, 0.3) is 0 Å². The van der Waals surface area contributed by atoms with Gasteiger partial charge in [-0.05, 0) is 63.5 Å². The Hall–Kier alpha value is -3.21. The first-order valence-electron chi connectivity index (χ1n) is 11.2. The summed E-state index contributed by atoms with van der Waals surface area (Å²) in [6.45, 7) is 15.0. The van der Waals surface area contributed by atoms with E-state index < -0.39 is 17.7 Å². The lowest BCUT2D eigenvalue weighted by Crippen LogP contribution is -2.78. The Kier molecular flexibility index (Phi) is 9.80. The number of ether oxygens (including phenoxy) is 1. The molecule has 0 saturated heterocycles. The molecule has 0 saturated carbocycles. The summed E-state index contributed by atoms with van der Waals surface area (Å²) in [5, 5.41) is 13.8. The maximum atomic E-state index is 13.2. The van der Waals surface area contributed by atoms with E-state index in [-0.39, 0.29) is 27.7 Å². The molecule has 0 spiro atoms. The first kappa shape index (κ1) is 29.0. The number of pyridine rings is 2. The fourth-order valence-corrected chi connectivity index (χ4v) is 3.65. The van der Waals surface area contributed by atoms with Crippen LogP contribution in [0.3, 0.4) is 0 Å². The van der Waals surface area contributed by atoms with Crippen molar-refractivity contribution in [3.63, 3.8) is 0 Å². The number of nitrogens with one attached hydrogen (secondary N) is 3. The van der Waals surface area contributed by atoms with Crippen LogP contribution in [0.25, 0.3) is 0 Å². The average molecular weight is 537 g/mol. The molecule has 2 aromatic heterocycles. The summed E-state index contributed by atoms with van der Waals surface area (Å²) in [4.78, 5) is 34.5. The number of halogens is 2. The molecule has 2 heterocycles. The highest BCUT2D eigenvalue weighted by Crippen LogP contribution is 2.28. The van der Waals surface area contributed by atoms with Gasteiger partial charge in [-0.1, -0.05) is 43.6 Å². The largest absolute Gasteiger partial charge is 0.442 e. The predicted octanol–water partition coefficient (Wildman–Crippen LogP) is 5.15. The summed E-state index contributed by atoms with van der Waals surface area (Å²) >= 11 is 11.8. The van der Waals surface area contributed by atoms with Gasteiger partial charge in [0.15, 0.2) is 5.82 Å². The average Bonchev–Trinajstić information content (AvgIpc) is 2.73. The first-order chi connectivity index (χ1) is 16.7. The maximum absolute atomic E-state index is 13.2. The number of nitrogens with two attached hydrogens (primary N) is 1. The number of amides is 3. The van der Waals surface area contributed by atoms with E-state index in [9.17, 15) is 9.59 Å². The summed E-state index contributed by atoms with van der Waals surface area (Å²) in [6.07, 6.45) is 0.856. The van der Waals surface area contributed by atoms with Crippen LogP contribution in [0.4, 0.5) is 26.9 Å². The quantitative estimate of drug-likeness (QED) is 0.168. The normalized spacial score (nSPS) is 11.1. The highest BCUT2D eigenvalue weighted by atomic mass is 35.5. The van der Waals surface area contributed by atoms with Gasteiger partial charge in [-0.3, -0.25) is 5.32 Å². The highest BCUT2D eigenvalue weighted by Gasteiger charge is 2.29. The van der Waals surface area contributed by atoms with Crippen molar-refractivity contribution in [2.45, 2.75) is 53.1 Å². The topological polar surface area (TPSA) is 137 Å². The number of carbonyl (C=O) groups is 2. The van der Waals surface area contributed by atoms with Crippen molar-refractivity contribution >= 4 is 58.4 Å². The molecule has 2 rings (SSSR count). The molecule has 0 aliphatic carbocycles. The predicted molar refractivity (Wildman–Crippen MR) is 143 cm³/mol. The Bertz CT molecular complexity index is 1140. The second-order valence-electron chi connectivity index (χ2n) is 9.22. The standard InChI is InChI=1S/C24H31Cl2N7O3/c1-8-9-28-21-20(14(4)27)16(13(2)3)12-19(31-21)33(23(35)36-24(5,6)7)32-22(34)29-15-10-17(25)30-18(26)11-15/h8,10-13,27H,1,9H2,2-7H3,(H,28,31)(H2,29,30,32,34)/p+1. The van der Waals surface area contributed by atoms with Crippen molar-refractivity contribution in [2.24, 2.45) is 0 Å². The molecule has 12 heteroatoms. The lowest BCUT2D eigenvalue weighted by atomic mass is 9.95. The van der Waals surface area contributed by atoms with Crippen LogP contribution in [-0.2, 0) is 4.74 Å². The summed E-state index contributed by atoms with van der Waals surface area (Å²) in [7, 11) is 0. The molecule has 2 aromatic rings. The Balaban J connectivity index is 2.56. The van der Waals surface area contributed by atoms with Crippen LogP contribution in [0.15, 0.2) is 30.9 Å². The van der Waals surface area contributed by atoms with Crippen LogP contribution in [0.1, 0.15) is 58.6 Å². The lowest BCUT2D eigenvalue weighted by molar-refractivity contribution is -0.564. The molecule has 5 N–H and O–H groups in total. The number of rotatable bonds is 7. The molecule has 0 aliphatic rings. The minimum atomic E-state index is -0.848. The van der Waals surface area contributed by atoms with E-state index in [4.69, 9.17) is 33.3 Å². The smallest absolute Gasteiger partial charge is 0.435 e. The zero-order valence-corrected chi connectivity index (χ0v) is 22.7. The van der Waals surface area contributed by atoms with E-state index in [1.807, 2.05) is 19.2 Å². The van der Waals surface area contributed by atoms with E-state index in [0.717, 1.165) is 10.6 Å². The second kappa shape index (κ2) is 12.2. The number of carbonyl (C=O) groups excluding carboxylic acids is 2. The van der Waals surface area contributed by atoms with Gasteiger partial charge < -0.3 is 15.5 Å². The molecular weight excluding hydrogens is 505 g/mol. The summed E-state index contributed by atoms with van der Waals surface area (Å²) in [5.41, 5.74) is 3.69. The Morgan fingerprint density at radius 2 is 1.83 bits per heavy atom. The van der Waals surface area contributed by atoms with Gasteiger partial charge in [-0.15, -0.1) is 0 Å². The molecule has 0 aromatic carbocycles. The minimum Gasteiger partial charge on any atom is -0.442 e. The van der Waals surface area contributed by atoms with Gasteiger partial charge in [0.05, 0.1) is 12.1 Å². The molecule has 36 heavy (non-hydrogen) atoms. The molecular formula is C24H32Cl2N7O3+. The third-order valence-electron chi connectivity index (χ3n) is 4.58. The molecule has 10 nitrogen and oxygen atoms in total. The van der Waals surface area contributed by atoms with Crippen molar-refractivity contribution in [1.29, 1.82) is 5.41 Å². The highest BCUT2D eigenvalue weighted by molar-refractivity contribution is 6.33. The Morgan fingerprint density at radius 3 is 2.33 bits per heavy atom. The van der Waals surface area contributed by atoms with E-state index >= 15 is 0 Å². The molecule has 0 bridgehead atoms. The molecule has 0 radical (unpaired) electrons. The second-order valence-corrected chi connectivity index (χ2v) is 10.00. The first-order valence-corrected chi connectivity index (χ1v) is 12.0. The Morgan fingerprint density at radius 1 is 1.22 bits per heavy atom. The van der Waals surface area contributed by atoms with Crippen molar-refractivity contribution in [1.82, 2.24) is 15.4 Å². The van der Waals surface area contributed by atoms with Gasteiger partial charge in [-0.2, -0.15) is 9.99 Å². The van der Waals surface area contributed by atoms with Crippen LogP contribution >= 0.6 is 23.2 Å². The number of nitrogens with zero attached hydrogens (tertiary/aromatic N) is 3. The van der Waals surface area contributed by atoms with Gasteiger partial charge in [0, 0.05) is 11.4 Å². The van der Waals surface area contributed by atoms with E-state index in [2.05, 4.69) is 27.3 Å². The zero-order chi connectivity index (χ0) is 27.2. The monoisotopic (exact) mass is 536 g/mol. The number of hydrogen-bond acceptors (Lipinski definition) is 6. The molecule has 0 aliphatic heterocycles. The minimum absolute atomic E-state index is 0.00616. The van der Waals surface area contributed by atoms with Crippen molar-refractivity contribution < 1.29 is 19.6 Å². The molecule has 0 unspecified atom stereocenters. The Labute approximate surface area is 220 Å². The number of aromatic nitrogens is 2. The van der Waals surface area contributed by atoms with Crippen molar-refractivity contribution in [3.05, 3.63) is 52.3 Å². The van der Waals surface area contributed by atoms with Gasteiger partial charge in [-0.25, -0.2) is 20.0 Å². The van der Waals surface area contributed by atoms with Gasteiger partial charge in [0.2, 0.25) is 5.82 Å². The number of urea groups is 1. The fraction of sp³-hybridized carbons (Fsp3) is 0.375. The summed E-state index contributed by atoms with van der Waals surface area (Å²) in [6, 6.07) is 3.71. The third kappa shape index (κ3) is 8.18. The van der Waals surface area contributed by atoms with E-state index in [0.29, 0.717) is 23.6 Å². The molecule has 3 amide bonds. The van der Waals surface area contributed by atoms with E-state index in [1.54, 1.807) is 39.8 Å². The van der Waals surface area contributed by atoms with Crippen LogP contribution in [0, 0.1) is 5.41 Å². The zero-order valence-electron chi connectivity index (χ0n) is 21.2. The van der Waals surface area contributed by atoms with Crippen LogP contribution < -0.4 is 21.1 Å². The van der Waals surface area contributed by atoms with Crippen molar-refractivity contribution in [2.75, 3.05) is 16.9 Å². The molecule has 194 valence electrons. The summed E-state index contributed by atoms with van der Waals surface area (Å²) < 4.78 is 5.53. The molecule has 0 atom stereocenters. The van der Waals surface area contributed by atoms with Crippen molar-refractivity contribution in [3.8, 4) is 0 Å². The van der Waals surface area contributed by atoms with Gasteiger partial charge in [0.1, 0.15) is 15.9 Å². The van der Waals surface area contributed by atoms with Gasteiger partial charge >= 0.3 is 12.1 Å². The third-order valence-corrected chi connectivity index (χ3v) is 4.97. The lowest BCUT2D eigenvalue weighted by Gasteiger charge is -2.28. The van der Waals surface area contributed by atoms with E-state index in [1.165, 1.54) is 12.1 Å². The van der Waals surface area contributed by atoms with Crippen LogP contribution in [-0.4, -0.2) is 39.9 Å². The molecule has 0 fully saturated rings. The number of quaternary nitrogens is 1.